The lowest BCUT2D eigenvalue weighted by molar-refractivity contribution is -0.131. The largest absolute Gasteiger partial charge is 0.346 e. The molecule has 0 saturated carbocycles. The molecule has 12 heteroatoms. The summed E-state index contributed by atoms with van der Waals surface area (Å²) >= 11 is 0. The fourth-order valence-electron chi connectivity index (χ4n) is 2.53. The van der Waals surface area contributed by atoms with E-state index in [1.807, 2.05) is 33.1 Å². The number of hydrogen-bond acceptors (Lipinski definition) is 7. The van der Waals surface area contributed by atoms with E-state index in [-0.39, 0.29) is 24.9 Å². The zero-order valence-electron chi connectivity index (χ0n) is 18.9. The molecule has 31 heavy (non-hydrogen) atoms. The molecule has 0 aliphatic heterocycles. The lowest BCUT2D eigenvalue weighted by Crippen LogP contribution is -2.53. The van der Waals surface area contributed by atoms with Gasteiger partial charge in [-0.2, -0.15) is 0 Å². The molecule has 4 atom stereocenters. The predicted octanol–water partition coefficient (Wildman–Crippen LogP) is -2.38. The van der Waals surface area contributed by atoms with E-state index < -0.39 is 47.7 Å². The van der Waals surface area contributed by atoms with E-state index in [9.17, 15) is 24.0 Å². The van der Waals surface area contributed by atoms with Crippen LogP contribution in [0, 0.1) is 11.8 Å². The second kappa shape index (κ2) is 14.3. The summed E-state index contributed by atoms with van der Waals surface area (Å²) < 4.78 is 0. The maximum absolute atomic E-state index is 12.1. The Hall–Kier alpha value is -2.73. The Kier molecular flexibility index (Phi) is 13.0. The normalized spacial score (nSPS) is 14.6. The Balaban J connectivity index is 4.44. The number of hydrogen-bond donors (Lipinski definition) is 7. The monoisotopic (exact) mass is 443 g/mol. The Bertz CT molecular complexity index is 641. The molecule has 0 spiro atoms. The van der Waals surface area contributed by atoms with Gasteiger partial charge in [-0.25, -0.2) is 5.84 Å². The van der Waals surface area contributed by atoms with Crippen molar-refractivity contribution in [2.45, 2.75) is 65.6 Å². The summed E-state index contributed by atoms with van der Waals surface area (Å²) in [4.78, 5) is 59.7. The Morgan fingerprint density at radius 3 is 1.81 bits per heavy atom. The molecule has 0 radical (unpaired) electrons. The van der Waals surface area contributed by atoms with Crippen LogP contribution in [0.5, 0.6) is 0 Å². The summed E-state index contributed by atoms with van der Waals surface area (Å²) in [6.07, 6.45) is 1.10. The Labute approximate surface area is 183 Å². The molecule has 0 aromatic carbocycles. The van der Waals surface area contributed by atoms with E-state index in [2.05, 4.69) is 21.3 Å². The third kappa shape index (κ3) is 11.3. The summed E-state index contributed by atoms with van der Waals surface area (Å²) in [6, 6.07) is -2.49. The van der Waals surface area contributed by atoms with E-state index in [0.29, 0.717) is 6.42 Å². The van der Waals surface area contributed by atoms with Gasteiger partial charge in [0.05, 0.1) is 19.1 Å². The maximum Gasteiger partial charge on any atom is 0.256 e. The van der Waals surface area contributed by atoms with Crippen LogP contribution in [-0.2, 0) is 24.0 Å². The molecule has 178 valence electrons. The number of carbonyl (C=O) groups is 5. The SMILES string of the molecule is CC[C@H](C)[C@H](N)C(=O)NCC(=O)N[C@@H](C)C(=O)NCC(=O)N[C@@H](CC(C)C)C(=O)NN. The van der Waals surface area contributed by atoms with Gasteiger partial charge >= 0.3 is 0 Å². The quantitative estimate of drug-likeness (QED) is 0.0936. The van der Waals surface area contributed by atoms with Crippen molar-refractivity contribution in [3.05, 3.63) is 0 Å². The summed E-state index contributed by atoms with van der Waals surface area (Å²) in [5.41, 5.74) is 7.78. The minimum absolute atomic E-state index is 0.0324. The molecule has 5 amide bonds. The lowest BCUT2D eigenvalue weighted by atomic mass is 9.99. The second-order valence-electron chi connectivity index (χ2n) is 7.89. The van der Waals surface area contributed by atoms with E-state index in [1.165, 1.54) is 6.92 Å². The highest BCUT2D eigenvalue weighted by atomic mass is 16.2. The van der Waals surface area contributed by atoms with Crippen LogP contribution in [0.4, 0.5) is 0 Å². The van der Waals surface area contributed by atoms with Gasteiger partial charge in [-0.15, -0.1) is 0 Å². The van der Waals surface area contributed by atoms with Gasteiger partial charge in [0.1, 0.15) is 12.1 Å². The summed E-state index contributed by atoms with van der Waals surface area (Å²) in [7, 11) is 0. The number of nitrogens with one attached hydrogen (secondary N) is 5. The van der Waals surface area contributed by atoms with Crippen LogP contribution in [0.2, 0.25) is 0 Å². The highest BCUT2D eigenvalue weighted by molar-refractivity contribution is 5.93. The topological polar surface area (TPSA) is 198 Å². The molecule has 12 nitrogen and oxygen atoms in total. The Morgan fingerprint density at radius 2 is 1.32 bits per heavy atom. The van der Waals surface area contributed by atoms with Crippen molar-refractivity contribution >= 4 is 29.5 Å². The molecule has 0 aliphatic rings. The van der Waals surface area contributed by atoms with Gasteiger partial charge in [-0.3, -0.25) is 29.4 Å². The first-order valence-electron chi connectivity index (χ1n) is 10.3. The van der Waals surface area contributed by atoms with Crippen molar-refractivity contribution in [3.63, 3.8) is 0 Å². The van der Waals surface area contributed by atoms with E-state index in [1.54, 1.807) is 0 Å². The van der Waals surface area contributed by atoms with Crippen molar-refractivity contribution in [3.8, 4) is 0 Å². The third-order valence-electron chi connectivity index (χ3n) is 4.68. The molecular formula is C19H37N7O5. The molecule has 9 N–H and O–H groups in total. The second-order valence-corrected chi connectivity index (χ2v) is 7.89. The van der Waals surface area contributed by atoms with Gasteiger partial charge in [-0.1, -0.05) is 34.1 Å². The van der Waals surface area contributed by atoms with Crippen molar-refractivity contribution in [2.75, 3.05) is 13.1 Å². The van der Waals surface area contributed by atoms with Crippen LogP contribution in [0.3, 0.4) is 0 Å². The summed E-state index contributed by atoms with van der Waals surface area (Å²) in [5.74, 6) is 2.48. The molecular weight excluding hydrogens is 406 g/mol. The summed E-state index contributed by atoms with van der Waals surface area (Å²) in [6.45, 7) is 8.23. The highest BCUT2D eigenvalue weighted by Crippen LogP contribution is 2.05. The van der Waals surface area contributed by atoms with Crippen LogP contribution >= 0.6 is 0 Å². The average Bonchev–Trinajstić information content (AvgIpc) is 2.72. The standard InChI is InChI=1S/C19H37N7O5/c1-6-11(4)16(20)19(31)23-8-14(27)24-12(5)17(29)22-9-15(28)25-13(7-10(2)3)18(30)26-21/h10-13,16H,6-9,20-21H2,1-5H3,(H,22,29)(H,23,31)(H,24,27)(H,25,28)(H,26,30)/t11-,12-,13-,16-/m0/s1. The smallest absolute Gasteiger partial charge is 0.256 e. The molecule has 0 aromatic heterocycles. The van der Waals surface area contributed by atoms with E-state index in [4.69, 9.17) is 11.6 Å². The molecule has 0 saturated heterocycles. The predicted molar refractivity (Wildman–Crippen MR) is 115 cm³/mol. The number of rotatable bonds is 13. The lowest BCUT2D eigenvalue weighted by Gasteiger charge is -2.20. The molecule has 0 bridgehead atoms. The van der Waals surface area contributed by atoms with Crippen molar-refractivity contribution in [2.24, 2.45) is 23.4 Å². The van der Waals surface area contributed by atoms with Crippen LogP contribution in [0.1, 0.15) is 47.5 Å². The number of amides is 5. The minimum atomic E-state index is -0.945. The molecule has 0 heterocycles. The van der Waals surface area contributed by atoms with Crippen molar-refractivity contribution < 1.29 is 24.0 Å². The first kappa shape index (κ1) is 28.3. The van der Waals surface area contributed by atoms with Crippen LogP contribution in [0.25, 0.3) is 0 Å². The van der Waals surface area contributed by atoms with Gasteiger partial charge in [-0.05, 0) is 25.2 Å². The summed E-state index contributed by atoms with van der Waals surface area (Å²) in [5, 5.41) is 9.71. The third-order valence-corrected chi connectivity index (χ3v) is 4.68. The fraction of sp³-hybridized carbons (Fsp3) is 0.737. The average molecular weight is 444 g/mol. The van der Waals surface area contributed by atoms with Crippen molar-refractivity contribution in [1.82, 2.24) is 26.7 Å². The zero-order valence-corrected chi connectivity index (χ0v) is 18.9. The maximum atomic E-state index is 12.1. The minimum Gasteiger partial charge on any atom is -0.346 e. The van der Waals surface area contributed by atoms with Gasteiger partial charge in [0, 0.05) is 0 Å². The van der Waals surface area contributed by atoms with Gasteiger partial charge in [0.25, 0.3) is 5.91 Å². The Morgan fingerprint density at radius 1 is 0.806 bits per heavy atom. The van der Waals surface area contributed by atoms with Crippen molar-refractivity contribution in [1.29, 1.82) is 0 Å². The molecule has 0 aliphatic carbocycles. The van der Waals surface area contributed by atoms with Gasteiger partial charge in [0.15, 0.2) is 0 Å². The van der Waals surface area contributed by atoms with Crippen LogP contribution in [-0.4, -0.2) is 60.8 Å². The van der Waals surface area contributed by atoms with Crippen LogP contribution < -0.4 is 38.3 Å². The first-order valence-corrected chi connectivity index (χ1v) is 10.3. The molecule has 0 unspecified atom stereocenters. The zero-order chi connectivity index (χ0) is 24.1. The molecule has 0 aromatic rings. The number of carbonyl (C=O) groups excluding carboxylic acids is 5. The molecule has 0 fully saturated rings. The molecule has 0 rings (SSSR count). The highest BCUT2D eigenvalue weighted by Gasteiger charge is 2.23. The fourth-order valence-corrected chi connectivity index (χ4v) is 2.53. The van der Waals surface area contributed by atoms with Gasteiger partial charge < -0.3 is 27.0 Å². The number of nitrogens with two attached hydrogens (primary N) is 2. The number of hydrazine groups is 1. The van der Waals surface area contributed by atoms with E-state index >= 15 is 0 Å². The first-order chi connectivity index (χ1) is 14.4. The van der Waals surface area contributed by atoms with E-state index in [0.717, 1.165) is 6.42 Å². The van der Waals surface area contributed by atoms with Gasteiger partial charge in [0.2, 0.25) is 23.6 Å². The van der Waals surface area contributed by atoms with Crippen LogP contribution in [0.15, 0.2) is 0 Å².